The number of amides is 1. The van der Waals surface area contributed by atoms with Crippen molar-refractivity contribution in [3.05, 3.63) is 34.4 Å². The fraction of sp³-hybridized carbons (Fsp3) is 0.556. The number of hydrogen-bond acceptors (Lipinski definition) is 7. The molecule has 0 saturated carbocycles. The van der Waals surface area contributed by atoms with Gasteiger partial charge in [0.1, 0.15) is 11.4 Å². The summed E-state index contributed by atoms with van der Waals surface area (Å²) < 4.78 is 15.9. The standard InChI is InChI=1S/C18H26N2O7/c1-17(2,3)25-11-14(19-16(22)27-18(4,5)6)15(21)26-13-9-7-12(8-10-13)20(23)24/h7-10,14H,11H2,1-6H3,(H,19,22). The Morgan fingerprint density at radius 1 is 1.07 bits per heavy atom. The van der Waals surface area contributed by atoms with E-state index in [-0.39, 0.29) is 18.0 Å². The summed E-state index contributed by atoms with van der Waals surface area (Å²) in [5, 5.41) is 13.1. The second-order valence-corrected chi connectivity index (χ2v) is 7.79. The number of carbonyl (C=O) groups is 2. The Morgan fingerprint density at radius 3 is 2.07 bits per heavy atom. The Hall–Kier alpha value is -2.68. The fourth-order valence-electron chi connectivity index (χ4n) is 1.77. The SMILES string of the molecule is CC(C)(C)OCC(NC(=O)OC(C)(C)C)C(=O)Oc1ccc([N+](=O)[O-])cc1. The van der Waals surface area contributed by atoms with Gasteiger partial charge in [-0.3, -0.25) is 10.1 Å². The monoisotopic (exact) mass is 382 g/mol. The van der Waals surface area contributed by atoms with Gasteiger partial charge in [0.15, 0.2) is 6.04 Å². The van der Waals surface area contributed by atoms with E-state index in [1.165, 1.54) is 24.3 Å². The molecule has 1 amide bonds. The Morgan fingerprint density at radius 2 is 1.63 bits per heavy atom. The van der Waals surface area contributed by atoms with Crippen molar-refractivity contribution in [2.75, 3.05) is 6.61 Å². The number of hydrogen-bond donors (Lipinski definition) is 1. The first-order chi connectivity index (χ1) is 12.3. The van der Waals surface area contributed by atoms with Crippen LogP contribution in [0.1, 0.15) is 41.5 Å². The molecule has 0 aliphatic rings. The number of alkyl carbamates (subject to hydrolysis) is 1. The van der Waals surface area contributed by atoms with E-state index in [1.54, 1.807) is 41.5 Å². The molecule has 0 bridgehead atoms. The van der Waals surface area contributed by atoms with Crippen LogP contribution < -0.4 is 10.1 Å². The van der Waals surface area contributed by atoms with Crippen LogP contribution in [0.2, 0.25) is 0 Å². The number of nitro groups is 1. The van der Waals surface area contributed by atoms with E-state index >= 15 is 0 Å². The Balaban J connectivity index is 2.84. The van der Waals surface area contributed by atoms with Crippen molar-refractivity contribution >= 4 is 17.7 Å². The van der Waals surface area contributed by atoms with Gasteiger partial charge in [-0.05, 0) is 53.7 Å². The minimum absolute atomic E-state index is 0.109. The molecule has 1 unspecified atom stereocenters. The van der Waals surface area contributed by atoms with Gasteiger partial charge < -0.3 is 19.5 Å². The van der Waals surface area contributed by atoms with Crippen molar-refractivity contribution in [1.82, 2.24) is 5.32 Å². The molecule has 0 aromatic heterocycles. The topological polar surface area (TPSA) is 117 Å². The van der Waals surface area contributed by atoms with E-state index in [4.69, 9.17) is 14.2 Å². The second-order valence-electron chi connectivity index (χ2n) is 7.79. The largest absolute Gasteiger partial charge is 0.444 e. The van der Waals surface area contributed by atoms with Crippen LogP contribution in [0.4, 0.5) is 10.5 Å². The lowest BCUT2D eigenvalue weighted by atomic mass is 10.2. The molecular formula is C18H26N2O7. The van der Waals surface area contributed by atoms with Crippen molar-refractivity contribution in [1.29, 1.82) is 0 Å². The molecule has 27 heavy (non-hydrogen) atoms. The Labute approximate surface area is 158 Å². The lowest BCUT2D eigenvalue weighted by Gasteiger charge is -2.25. The minimum atomic E-state index is -1.12. The van der Waals surface area contributed by atoms with Crippen LogP contribution in [0, 0.1) is 10.1 Å². The summed E-state index contributed by atoms with van der Waals surface area (Å²) >= 11 is 0. The number of rotatable bonds is 6. The summed E-state index contributed by atoms with van der Waals surface area (Å²) in [5.74, 6) is -0.670. The van der Waals surface area contributed by atoms with E-state index in [0.717, 1.165) is 0 Å². The average molecular weight is 382 g/mol. The predicted octanol–water partition coefficient (Wildman–Crippen LogP) is 3.21. The molecule has 0 fully saturated rings. The molecule has 9 nitrogen and oxygen atoms in total. The lowest BCUT2D eigenvalue weighted by Crippen LogP contribution is -2.48. The molecule has 1 atom stereocenters. The third kappa shape index (κ3) is 9.00. The van der Waals surface area contributed by atoms with E-state index in [2.05, 4.69) is 5.32 Å². The number of nitrogens with zero attached hydrogens (tertiary/aromatic N) is 1. The van der Waals surface area contributed by atoms with Crippen LogP contribution in [-0.4, -0.2) is 40.8 Å². The predicted molar refractivity (Wildman–Crippen MR) is 97.6 cm³/mol. The minimum Gasteiger partial charge on any atom is -0.444 e. The second kappa shape index (κ2) is 8.81. The number of esters is 1. The van der Waals surface area contributed by atoms with Crippen LogP contribution in [-0.2, 0) is 14.3 Å². The summed E-state index contributed by atoms with van der Waals surface area (Å²) in [6.45, 7) is 10.4. The van der Waals surface area contributed by atoms with E-state index in [0.29, 0.717) is 0 Å². The highest BCUT2D eigenvalue weighted by molar-refractivity contribution is 5.83. The van der Waals surface area contributed by atoms with Gasteiger partial charge in [-0.2, -0.15) is 0 Å². The molecule has 0 aliphatic carbocycles. The molecule has 1 rings (SSSR count). The van der Waals surface area contributed by atoms with E-state index < -0.39 is 34.2 Å². The van der Waals surface area contributed by atoms with Crippen molar-refractivity contribution in [3.8, 4) is 5.75 Å². The maximum Gasteiger partial charge on any atom is 0.408 e. The number of nitrogens with one attached hydrogen (secondary N) is 1. The van der Waals surface area contributed by atoms with Crippen LogP contribution in [0.3, 0.4) is 0 Å². The third-order valence-corrected chi connectivity index (χ3v) is 2.92. The maximum atomic E-state index is 12.4. The summed E-state index contributed by atoms with van der Waals surface area (Å²) in [4.78, 5) is 34.6. The number of nitro benzene ring substituents is 1. The Bertz CT molecular complexity index is 672. The lowest BCUT2D eigenvalue weighted by molar-refractivity contribution is -0.384. The molecule has 0 heterocycles. The highest BCUT2D eigenvalue weighted by atomic mass is 16.6. The smallest absolute Gasteiger partial charge is 0.408 e. The van der Waals surface area contributed by atoms with Gasteiger partial charge in [0.2, 0.25) is 0 Å². The number of ether oxygens (including phenoxy) is 3. The van der Waals surface area contributed by atoms with Gasteiger partial charge in [-0.1, -0.05) is 0 Å². The molecule has 1 aromatic rings. The van der Waals surface area contributed by atoms with Gasteiger partial charge in [0.25, 0.3) is 5.69 Å². The highest BCUT2D eigenvalue weighted by Gasteiger charge is 2.28. The summed E-state index contributed by atoms with van der Waals surface area (Å²) in [7, 11) is 0. The molecular weight excluding hydrogens is 356 g/mol. The first-order valence-electron chi connectivity index (χ1n) is 8.36. The third-order valence-electron chi connectivity index (χ3n) is 2.92. The summed E-state index contributed by atoms with van der Waals surface area (Å²) in [6.07, 6.45) is -0.786. The number of carbonyl (C=O) groups excluding carboxylic acids is 2. The van der Waals surface area contributed by atoms with Crippen molar-refractivity contribution in [3.63, 3.8) is 0 Å². The first-order valence-corrected chi connectivity index (χ1v) is 8.36. The Kier molecular flexibility index (Phi) is 7.29. The van der Waals surface area contributed by atoms with Gasteiger partial charge in [0.05, 0.1) is 17.1 Å². The quantitative estimate of drug-likeness (QED) is 0.347. The number of benzene rings is 1. The number of non-ortho nitro benzene ring substituents is 1. The maximum absolute atomic E-state index is 12.4. The molecule has 0 spiro atoms. The van der Waals surface area contributed by atoms with Gasteiger partial charge >= 0.3 is 12.1 Å². The average Bonchev–Trinajstić information content (AvgIpc) is 2.49. The van der Waals surface area contributed by atoms with Crippen LogP contribution in [0.25, 0.3) is 0 Å². The van der Waals surface area contributed by atoms with Gasteiger partial charge in [-0.25, -0.2) is 9.59 Å². The molecule has 9 heteroatoms. The van der Waals surface area contributed by atoms with Crippen molar-refractivity contribution in [2.45, 2.75) is 58.8 Å². The zero-order valence-electron chi connectivity index (χ0n) is 16.4. The van der Waals surface area contributed by atoms with Crippen LogP contribution in [0.5, 0.6) is 5.75 Å². The zero-order chi connectivity index (χ0) is 20.8. The molecule has 0 radical (unpaired) electrons. The zero-order valence-corrected chi connectivity index (χ0v) is 16.4. The molecule has 0 aliphatic heterocycles. The molecule has 1 N–H and O–H groups in total. The summed E-state index contributed by atoms with van der Waals surface area (Å²) in [6, 6.07) is 3.90. The van der Waals surface area contributed by atoms with Crippen LogP contribution in [0.15, 0.2) is 24.3 Å². The van der Waals surface area contributed by atoms with Crippen molar-refractivity contribution < 1.29 is 28.7 Å². The van der Waals surface area contributed by atoms with Gasteiger partial charge in [-0.15, -0.1) is 0 Å². The summed E-state index contributed by atoms with van der Waals surface area (Å²) in [5.41, 5.74) is -1.40. The van der Waals surface area contributed by atoms with Gasteiger partial charge in [0, 0.05) is 12.1 Å². The molecule has 150 valence electrons. The molecule has 0 saturated heterocycles. The normalized spacial score (nSPS) is 12.8. The van der Waals surface area contributed by atoms with Crippen LogP contribution >= 0.6 is 0 Å². The highest BCUT2D eigenvalue weighted by Crippen LogP contribution is 2.18. The van der Waals surface area contributed by atoms with Crippen molar-refractivity contribution in [2.24, 2.45) is 0 Å². The fourth-order valence-corrected chi connectivity index (χ4v) is 1.77. The molecule has 1 aromatic carbocycles. The first kappa shape index (κ1) is 22.4. The van der Waals surface area contributed by atoms with E-state index in [1.807, 2.05) is 0 Å². The van der Waals surface area contributed by atoms with E-state index in [9.17, 15) is 19.7 Å².